The number of benzene rings is 4. The summed E-state index contributed by atoms with van der Waals surface area (Å²) in [6, 6.07) is 30.8. The van der Waals surface area contributed by atoms with Crippen molar-refractivity contribution in [3.63, 3.8) is 0 Å². The average Bonchev–Trinajstić information content (AvgIpc) is 2.93. The van der Waals surface area contributed by atoms with Gasteiger partial charge in [-0.2, -0.15) is 0 Å². The van der Waals surface area contributed by atoms with Crippen LogP contribution in [0.15, 0.2) is 84.9 Å². The van der Waals surface area contributed by atoms with Crippen LogP contribution in [0.25, 0.3) is 11.1 Å². The summed E-state index contributed by atoms with van der Waals surface area (Å²) in [5.41, 5.74) is 10.2. The Morgan fingerprint density at radius 3 is 0.841 bits per heavy atom. The molecule has 2 heteroatoms. The van der Waals surface area contributed by atoms with Crippen molar-refractivity contribution in [3.8, 4) is 22.6 Å². The van der Waals surface area contributed by atoms with Gasteiger partial charge in [0.1, 0.15) is 24.7 Å². The molecule has 0 radical (unpaired) electrons. The van der Waals surface area contributed by atoms with E-state index in [1.807, 2.05) is 0 Å². The van der Waals surface area contributed by atoms with Crippen molar-refractivity contribution in [1.29, 1.82) is 0 Å². The van der Waals surface area contributed by atoms with E-state index in [9.17, 15) is 0 Å². The van der Waals surface area contributed by atoms with Crippen LogP contribution in [0.4, 0.5) is 0 Å². The summed E-state index contributed by atoms with van der Waals surface area (Å²) in [6.07, 6.45) is 0. The molecule has 0 aliphatic heterocycles. The van der Waals surface area contributed by atoms with Gasteiger partial charge in [-0.3, -0.25) is 0 Å². The van der Waals surface area contributed by atoms with E-state index in [-0.39, 0.29) is 21.7 Å². The zero-order valence-corrected chi connectivity index (χ0v) is 29.3. The standard InChI is InChI=1S/C42H54O2/c1-39(2,3)33-21-34(40(4,5)6)24-37(23-33)43-27-29-13-17-31(18-14-29)32-19-15-30(16-20-32)28-44-38-25-35(41(7,8)9)22-36(26-38)42(10,11)12/h13-26H,27-28H2,1-12H3. The highest BCUT2D eigenvalue weighted by atomic mass is 16.5. The Kier molecular flexibility index (Phi) is 9.46. The molecule has 0 heterocycles. The van der Waals surface area contributed by atoms with Crippen LogP contribution in [0.3, 0.4) is 0 Å². The first-order chi connectivity index (χ1) is 20.3. The molecule has 4 aromatic rings. The van der Waals surface area contributed by atoms with E-state index in [0.717, 1.165) is 22.6 Å². The molecule has 0 aromatic heterocycles. The van der Waals surface area contributed by atoms with Crippen molar-refractivity contribution in [2.45, 2.75) is 118 Å². The molecule has 0 saturated carbocycles. The number of ether oxygens (including phenoxy) is 2. The second-order valence-electron chi connectivity index (χ2n) is 16.5. The predicted molar refractivity (Wildman–Crippen MR) is 188 cm³/mol. The SMILES string of the molecule is CC(C)(C)c1cc(OCc2ccc(-c3ccc(COc4cc(C(C)(C)C)cc(C(C)(C)C)c4)cc3)cc2)cc(C(C)(C)C)c1. The molecule has 0 amide bonds. The molecule has 44 heavy (non-hydrogen) atoms. The molecule has 0 N–H and O–H groups in total. The van der Waals surface area contributed by atoms with E-state index in [4.69, 9.17) is 9.47 Å². The molecule has 4 rings (SSSR count). The topological polar surface area (TPSA) is 18.5 Å². The second-order valence-corrected chi connectivity index (χ2v) is 16.5. The maximum absolute atomic E-state index is 6.33. The second kappa shape index (κ2) is 12.5. The normalized spacial score (nSPS) is 12.7. The van der Waals surface area contributed by atoms with E-state index in [0.29, 0.717) is 13.2 Å². The molecule has 2 nitrogen and oxygen atoms in total. The van der Waals surface area contributed by atoms with Gasteiger partial charge in [-0.1, -0.05) is 144 Å². The summed E-state index contributed by atoms with van der Waals surface area (Å²) < 4.78 is 12.7. The molecular weight excluding hydrogens is 536 g/mol. The Morgan fingerprint density at radius 2 is 0.614 bits per heavy atom. The van der Waals surface area contributed by atoms with Crippen molar-refractivity contribution in [2.75, 3.05) is 0 Å². The van der Waals surface area contributed by atoms with Crippen LogP contribution in [0.1, 0.15) is 116 Å². The van der Waals surface area contributed by atoms with Crippen LogP contribution in [-0.2, 0) is 34.9 Å². The smallest absolute Gasteiger partial charge is 0.120 e. The minimum atomic E-state index is 0.0653. The molecule has 0 bridgehead atoms. The highest BCUT2D eigenvalue weighted by Crippen LogP contribution is 2.35. The quantitative estimate of drug-likeness (QED) is 0.213. The fourth-order valence-corrected chi connectivity index (χ4v) is 5.02. The van der Waals surface area contributed by atoms with Gasteiger partial charge in [-0.25, -0.2) is 0 Å². The first-order valence-corrected chi connectivity index (χ1v) is 16.0. The van der Waals surface area contributed by atoms with Crippen LogP contribution in [0.5, 0.6) is 11.5 Å². The number of hydrogen-bond donors (Lipinski definition) is 0. The van der Waals surface area contributed by atoms with Gasteiger partial charge in [0, 0.05) is 0 Å². The summed E-state index contributed by atoms with van der Waals surface area (Å²) in [5, 5.41) is 0. The van der Waals surface area contributed by atoms with Gasteiger partial charge in [-0.05, 0) is 90.4 Å². The summed E-state index contributed by atoms with van der Waals surface area (Å²) in [4.78, 5) is 0. The lowest BCUT2D eigenvalue weighted by Crippen LogP contribution is -2.16. The van der Waals surface area contributed by atoms with Crippen LogP contribution >= 0.6 is 0 Å². The van der Waals surface area contributed by atoms with Gasteiger partial charge in [0.25, 0.3) is 0 Å². The monoisotopic (exact) mass is 590 g/mol. The van der Waals surface area contributed by atoms with Gasteiger partial charge in [0.2, 0.25) is 0 Å². The first-order valence-electron chi connectivity index (χ1n) is 16.0. The lowest BCUT2D eigenvalue weighted by Gasteiger charge is -2.26. The van der Waals surface area contributed by atoms with E-state index in [1.54, 1.807) is 0 Å². The van der Waals surface area contributed by atoms with Crippen LogP contribution in [-0.4, -0.2) is 0 Å². The Morgan fingerprint density at radius 1 is 0.364 bits per heavy atom. The minimum Gasteiger partial charge on any atom is -0.489 e. The van der Waals surface area contributed by atoms with E-state index in [1.165, 1.54) is 33.4 Å². The Hall–Kier alpha value is -3.52. The van der Waals surface area contributed by atoms with E-state index >= 15 is 0 Å². The number of hydrogen-bond acceptors (Lipinski definition) is 2. The predicted octanol–water partition coefficient (Wildman–Crippen LogP) is 11.7. The van der Waals surface area contributed by atoms with Crippen molar-refractivity contribution in [3.05, 3.63) is 118 Å². The third-order valence-corrected chi connectivity index (χ3v) is 8.33. The summed E-state index contributed by atoms with van der Waals surface area (Å²) in [5.74, 6) is 1.87. The van der Waals surface area contributed by atoms with Crippen molar-refractivity contribution < 1.29 is 9.47 Å². The summed E-state index contributed by atoms with van der Waals surface area (Å²) in [7, 11) is 0. The maximum atomic E-state index is 6.33. The van der Waals surface area contributed by atoms with Gasteiger partial charge in [0.05, 0.1) is 0 Å². The summed E-state index contributed by atoms with van der Waals surface area (Å²) in [6.45, 7) is 28.1. The molecule has 0 unspecified atom stereocenters. The molecule has 234 valence electrons. The average molecular weight is 591 g/mol. The lowest BCUT2D eigenvalue weighted by molar-refractivity contribution is 0.304. The fraction of sp³-hybridized carbons (Fsp3) is 0.429. The zero-order chi connectivity index (χ0) is 32.5. The van der Waals surface area contributed by atoms with Crippen molar-refractivity contribution in [1.82, 2.24) is 0 Å². The highest BCUT2D eigenvalue weighted by molar-refractivity contribution is 5.64. The molecule has 4 aromatic carbocycles. The van der Waals surface area contributed by atoms with Crippen molar-refractivity contribution >= 4 is 0 Å². The number of rotatable bonds is 7. The summed E-state index contributed by atoms with van der Waals surface area (Å²) >= 11 is 0. The van der Waals surface area contributed by atoms with Crippen LogP contribution in [0.2, 0.25) is 0 Å². The zero-order valence-electron chi connectivity index (χ0n) is 29.3. The highest BCUT2D eigenvalue weighted by Gasteiger charge is 2.22. The van der Waals surface area contributed by atoms with Gasteiger partial charge < -0.3 is 9.47 Å². The Balaban J connectivity index is 1.41. The largest absolute Gasteiger partial charge is 0.489 e. The van der Waals surface area contributed by atoms with Crippen LogP contribution < -0.4 is 9.47 Å². The first kappa shape index (κ1) is 33.4. The maximum Gasteiger partial charge on any atom is 0.120 e. The van der Waals surface area contributed by atoms with Gasteiger partial charge in [-0.15, -0.1) is 0 Å². The van der Waals surface area contributed by atoms with E-state index in [2.05, 4.69) is 168 Å². The molecule has 0 fully saturated rings. The Labute approximate surface area is 267 Å². The van der Waals surface area contributed by atoms with Crippen molar-refractivity contribution in [2.24, 2.45) is 0 Å². The fourth-order valence-electron chi connectivity index (χ4n) is 5.02. The van der Waals surface area contributed by atoms with E-state index < -0.39 is 0 Å². The molecule has 0 atom stereocenters. The van der Waals surface area contributed by atoms with Gasteiger partial charge in [0.15, 0.2) is 0 Å². The molecular formula is C42H54O2. The molecule has 0 spiro atoms. The molecule has 0 saturated heterocycles. The van der Waals surface area contributed by atoms with Gasteiger partial charge >= 0.3 is 0 Å². The minimum absolute atomic E-state index is 0.0653. The lowest BCUT2D eigenvalue weighted by atomic mass is 9.80. The third-order valence-electron chi connectivity index (χ3n) is 8.33. The van der Waals surface area contributed by atoms with Crippen LogP contribution in [0, 0.1) is 0 Å². The molecule has 0 aliphatic carbocycles. The Bertz CT molecular complexity index is 1360. The molecule has 0 aliphatic rings. The third kappa shape index (κ3) is 8.78.